The number of ether oxygens (including phenoxy) is 4. The van der Waals surface area contributed by atoms with Crippen molar-refractivity contribution in [1.82, 2.24) is 15.1 Å². The van der Waals surface area contributed by atoms with Crippen LogP contribution in [0.5, 0.6) is 23.0 Å². The van der Waals surface area contributed by atoms with Gasteiger partial charge in [-0.3, -0.25) is 9.89 Å². The summed E-state index contributed by atoms with van der Waals surface area (Å²) < 4.78 is 21.8. The Labute approximate surface area is 213 Å². The molecule has 0 amide bonds. The lowest BCUT2D eigenvalue weighted by molar-refractivity contribution is 0.172. The van der Waals surface area contributed by atoms with E-state index in [-0.39, 0.29) is 24.0 Å². The number of halogens is 1. The quantitative estimate of drug-likeness (QED) is 0.297. The molecule has 0 radical (unpaired) electrons. The number of benzene rings is 2. The van der Waals surface area contributed by atoms with Crippen LogP contribution < -0.4 is 24.3 Å². The third-order valence-corrected chi connectivity index (χ3v) is 5.64. The lowest BCUT2D eigenvalue weighted by Gasteiger charge is -2.36. The molecule has 2 aromatic carbocycles. The smallest absolute Gasteiger partial charge is 0.203 e. The Bertz CT molecular complexity index is 892. The molecule has 1 aliphatic rings. The third kappa shape index (κ3) is 6.80. The highest BCUT2D eigenvalue weighted by atomic mass is 127. The van der Waals surface area contributed by atoms with Crippen molar-refractivity contribution in [3.8, 4) is 23.0 Å². The van der Waals surface area contributed by atoms with Gasteiger partial charge in [-0.2, -0.15) is 0 Å². The lowest BCUT2D eigenvalue weighted by Crippen LogP contribution is -2.52. The fourth-order valence-electron chi connectivity index (χ4n) is 3.96. The largest absolute Gasteiger partial charge is 0.496 e. The van der Waals surface area contributed by atoms with Gasteiger partial charge >= 0.3 is 0 Å². The highest BCUT2D eigenvalue weighted by molar-refractivity contribution is 14.0. The van der Waals surface area contributed by atoms with Gasteiger partial charge in [0.1, 0.15) is 5.75 Å². The maximum atomic E-state index is 5.49. The van der Waals surface area contributed by atoms with Crippen molar-refractivity contribution in [2.24, 2.45) is 4.99 Å². The van der Waals surface area contributed by atoms with Gasteiger partial charge < -0.3 is 29.2 Å². The van der Waals surface area contributed by atoms with E-state index in [1.165, 1.54) is 0 Å². The Morgan fingerprint density at radius 1 is 0.879 bits per heavy atom. The molecular weight excluding hydrogens is 535 g/mol. The second kappa shape index (κ2) is 13.3. The van der Waals surface area contributed by atoms with E-state index in [4.69, 9.17) is 18.9 Å². The third-order valence-electron chi connectivity index (χ3n) is 5.64. The fraction of sp³-hybridized carbons (Fsp3) is 0.458. The molecule has 1 N–H and O–H groups in total. The first-order chi connectivity index (χ1) is 15.6. The zero-order valence-electron chi connectivity index (χ0n) is 20.1. The van der Waals surface area contributed by atoms with E-state index in [0.717, 1.165) is 55.6 Å². The van der Waals surface area contributed by atoms with Gasteiger partial charge in [0, 0.05) is 51.9 Å². The molecule has 0 unspecified atom stereocenters. The van der Waals surface area contributed by atoms with E-state index in [1.54, 1.807) is 28.4 Å². The predicted molar refractivity (Wildman–Crippen MR) is 142 cm³/mol. The van der Waals surface area contributed by atoms with Crippen molar-refractivity contribution in [3.05, 3.63) is 47.5 Å². The monoisotopic (exact) mass is 570 g/mol. The Hall–Kier alpha value is -2.40. The van der Waals surface area contributed by atoms with Crippen LogP contribution in [0.15, 0.2) is 41.4 Å². The van der Waals surface area contributed by atoms with Gasteiger partial charge in [0.05, 0.1) is 28.4 Å². The van der Waals surface area contributed by atoms with Crippen molar-refractivity contribution >= 4 is 29.9 Å². The first-order valence-electron chi connectivity index (χ1n) is 10.7. The number of aliphatic imine (C=N–C) groups is 1. The number of hydrogen-bond acceptors (Lipinski definition) is 6. The lowest BCUT2D eigenvalue weighted by atomic mass is 10.1. The summed E-state index contributed by atoms with van der Waals surface area (Å²) in [6.07, 6.45) is 0. The average molecular weight is 570 g/mol. The number of nitrogens with one attached hydrogen (secondary N) is 1. The molecule has 3 rings (SSSR count). The summed E-state index contributed by atoms with van der Waals surface area (Å²) in [6.45, 7) is 5.16. The maximum absolute atomic E-state index is 5.49. The molecular formula is C24H35IN4O4. The fourth-order valence-corrected chi connectivity index (χ4v) is 3.96. The van der Waals surface area contributed by atoms with Gasteiger partial charge in [-0.15, -0.1) is 24.0 Å². The molecule has 9 heteroatoms. The summed E-state index contributed by atoms with van der Waals surface area (Å²) in [5, 5.41) is 3.47. The van der Waals surface area contributed by atoms with E-state index in [9.17, 15) is 0 Å². The molecule has 33 heavy (non-hydrogen) atoms. The summed E-state index contributed by atoms with van der Waals surface area (Å²) in [5.41, 5.74) is 2.24. The Balaban J connectivity index is 0.00000385. The van der Waals surface area contributed by atoms with E-state index in [0.29, 0.717) is 23.8 Å². The summed E-state index contributed by atoms with van der Waals surface area (Å²) in [4.78, 5) is 9.20. The summed E-state index contributed by atoms with van der Waals surface area (Å²) in [6, 6.07) is 12.1. The van der Waals surface area contributed by atoms with Gasteiger partial charge in [-0.25, -0.2) is 0 Å². The van der Waals surface area contributed by atoms with Crippen LogP contribution in [-0.4, -0.2) is 77.4 Å². The molecule has 8 nitrogen and oxygen atoms in total. The number of rotatable bonds is 8. The molecule has 0 aromatic heterocycles. The van der Waals surface area contributed by atoms with E-state index in [2.05, 4.69) is 26.2 Å². The van der Waals surface area contributed by atoms with Crippen LogP contribution in [0.3, 0.4) is 0 Å². The molecule has 0 saturated carbocycles. The van der Waals surface area contributed by atoms with Crippen molar-refractivity contribution < 1.29 is 18.9 Å². The van der Waals surface area contributed by atoms with E-state index >= 15 is 0 Å². The van der Waals surface area contributed by atoms with Crippen LogP contribution in [-0.2, 0) is 13.1 Å². The van der Waals surface area contributed by atoms with Crippen LogP contribution >= 0.6 is 24.0 Å². The van der Waals surface area contributed by atoms with Crippen LogP contribution in [0.1, 0.15) is 11.1 Å². The van der Waals surface area contributed by atoms with E-state index < -0.39 is 0 Å². The van der Waals surface area contributed by atoms with Crippen molar-refractivity contribution in [3.63, 3.8) is 0 Å². The molecule has 0 aliphatic carbocycles. The maximum Gasteiger partial charge on any atom is 0.203 e. The minimum atomic E-state index is 0. The second-order valence-corrected chi connectivity index (χ2v) is 7.51. The molecule has 2 aromatic rings. The molecule has 0 spiro atoms. The summed E-state index contributed by atoms with van der Waals surface area (Å²) >= 11 is 0. The average Bonchev–Trinajstić information content (AvgIpc) is 2.84. The number of hydrogen-bond donors (Lipinski definition) is 1. The summed E-state index contributed by atoms with van der Waals surface area (Å²) in [5.74, 6) is 3.77. The minimum absolute atomic E-state index is 0. The van der Waals surface area contributed by atoms with Crippen LogP contribution in [0.25, 0.3) is 0 Å². The number of nitrogens with zero attached hydrogens (tertiary/aromatic N) is 3. The van der Waals surface area contributed by atoms with Gasteiger partial charge in [0.25, 0.3) is 0 Å². The molecule has 1 saturated heterocycles. The van der Waals surface area contributed by atoms with Gasteiger partial charge in [-0.05, 0) is 23.8 Å². The number of piperazine rings is 1. The Morgan fingerprint density at radius 3 is 2.03 bits per heavy atom. The van der Waals surface area contributed by atoms with Crippen LogP contribution in [0, 0.1) is 0 Å². The second-order valence-electron chi connectivity index (χ2n) is 7.51. The first-order valence-corrected chi connectivity index (χ1v) is 10.7. The molecule has 0 atom stereocenters. The van der Waals surface area contributed by atoms with E-state index in [1.807, 2.05) is 37.4 Å². The van der Waals surface area contributed by atoms with Crippen LogP contribution in [0.2, 0.25) is 0 Å². The van der Waals surface area contributed by atoms with Crippen LogP contribution in [0.4, 0.5) is 0 Å². The standard InChI is InChI=1S/C24H34N4O4.HI/c1-25-24(26-16-19-8-6-7-9-20(19)29-2)28-12-10-27(11-13-28)17-18-14-21(30-3)23(32-5)22(15-18)31-4;/h6-9,14-15H,10-13,16-17H2,1-5H3,(H,25,26);1H. The highest BCUT2D eigenvalue weighted by Gasteiger charge is 2.21. The zero-order chi connectivity index (χ0) is 22.9. The molecule has 0 bridgehead atoms. The van der Waals surface area contributed by atoms with Crippen molar-refractivity contribution in [2.75, 3.05) is 61.7 Å². The normalized spacial score (nSPS) is 14.3. The minimum Gasteiger partial charge on any atom is -0.496 e. The topological polar surface area (TPSA) is 67.8 Å². The number of guanidine groups is 1. The zero-order valence-corrected chi connectivity index (χ0v) is 22.4. The van der Waals surface area contributed by atoms with Crippen molar-refractivity contribution in [1.29, 1.82) is 0 Å². The molecule has 1 aliphatic heterocycles. The molecule has 1 heterocycles. The predicted octanol–water partition coefficient (Wildman–Crippen LogP) is 3.23. The van der Waals surface area contributed by atoms with Gasteiger partial charge in [-0.1, -0.05) is 18.2 Å². The highest BCUT2D eigenvalue weighted by Crippen LogP contribution is 2.38. The number of methoxy groups -OCH3 is 4. The van der Waals surface area contributed by atoms with Gasteiger partial charge in [0.2, 0.25) is 5.75 Å². The summed E-state index contributed by atoms with van der Waals surface area (Å²) in [7, 11) is 8.43. The number of para-hydroxylation sites is 1. The Kier molecular flexibility index (Phi) is 10.9. The first kappa shape index (κ1) is 26.8. The molecule has 1 fully saturated rings. The SMILES string of the molecule is CN=C(NCc1ccccc1OC)N1CCN(Cc2cc(OC)c(OC)c(OC)c2)CC1.I. The molecule has 182 valence electrons. The van der Waals surface area contributed by atoms with Crippen molar-refractivity contribution in [2.45, 2.75) is 13.1 Å². The Morgan fingerprint density at radius 2 is 1.48 bits per heavy atom. The van der Waals surface area contributed by atoms with Gasteiger partial charge in [0.15, 0.2) is 17.5 Å².